The smallest absolute Gasteiger partial charge is 0.119 e. The monoisotopic (exact) mass is 326 g/mol. The molecular formula is C20H26N2O2. The Bertz CT molecular complexity index is 729. The number of fused-ring (bicyclic) bond motifs is 1. The Morgan fingerprint density at radius 2 is 2.25 bits per heavy atom. The van der Waals surface area contributed by atoms with E-state index >= 15 is 0 Å². The third kappa shape index (κ3) is 3.30. The maximum Gasteiger partial charge on any atom is 0.119 e. The van der Waals surface area contributed by atoms with E-state index in [9.17, 15) is 5.11 Å². The summed E-state index contributed by atoms with van der Waals surface area (Å²) >= 11 is 0. The van der Waals surface area contributed by atoms with Crippen molar-refractivity contribution >= 4 is 10.9 Å². The minimum Gasteiger partial charge on any atom is -0.497 e. The van der Waals surface area contributed by atoms with E-state index in [1.165, 1.54) is 5.57 Å². The quantitative estimate of drug-likeness (QED) is 0.824. The van der Waals surface area contributed by atoms with E-state index in [0.717, 1.165) is 48.0 Å². The molecule has 2 heterocycles. The SMILES string of the molecule is C=C1CC(C(O)c2ccnc3ccc(OC)cc23)NCC1CCC. The largest absolute Gasteiger partial charge is 0.497 e. The maximum atomic E-state index is 11.0. The van der Waals surface area contributed by atoms with Crippen LogP contribution < -0.4 is 10.1 Å². The summed E-state index contributed by atoms with van der Waals surface area (Å²) in [7, 11) is 1.65. The van der Waals surface area contributed by atoms with E-state index in [0.29, 0.717) is 5.92 Å². The summed E-state index contributed by atoms with van der Waals surface area (Å²) in [6.45, 7) is 7.34. The number of ether oxygens (including phenoxy) is 1. The number of aliphatic hydroxyl groups is 1. The number of pyridine rings is 1. The van der Waals surface area contributed by atoms with E-state index in [2.05, 4.69) is 23.8 Å². The third-order valence-electron chi connectivity index (χ3n) is 5.01. The second-order valence-corrected chi connectivity index (χ2v) is 6.59. The van der Waals surface area contributed by atoms with Crippen molar-refractivity contribution in [3.8, 4) is 5.75 Å². The van der Waals surface area contributed by atoms with Crippen LogP contribution >= 0.6 is 0 Å². The van der Waals surface area contributed by atoms with Gasteiger partial charge in [-0.1, -0.05) is 25.5 Å². The van der Waals surface area contributed by atoms with Gasteiger partial charge in [0.05, 0.1) is 18.7 Å². The number of nitrogens with one attached hydrogen (secondary N) is 1. The van der Waals surface area contributed by atoms with Crippen molar-refractivity contribution in [2.45, 2.75) is 38.3 Å². The standard InChI is InChI=1S/C20H26N2O2/c1-4-5-14-12-22-19(10-13(14)2)20(23)16-8-9-21-18-7-6-15(24-3)11-17(16)18/h6-9,11,14,19-20,22-23H,2,4-5,10,12H2,1,3H3. The molecule has 1 aromatic heterocycles. The van der Waals surface area contributed by atoms with Gasteiger partial charge in [-0.15, -0.1) is 0 Å². The zero-order chi connectivity index (χ0) is 17.1. The zero-order valence-corrected chi connectivity index (χ0v) is 14.5. The lowest BCUT2D eigenvalue weighted by atomic mass is 9.83. The van der Waals surface area contributed by atoms with Gasteiger partial charge in [-0.3, -0.25) is 4.98 Å². The van der Waals surface area contributed by atoms with Crippen LogP contribution in [0.3, 0.4) is 0 Å². The number of aromatic nitrogens is 1. The van der Waals surface area contributed by atoms with Crippen LogP contribution in [0.25, 0.3) is 10.9 Å². The van der Waals surface area contributed by atoms with Crippen LogP contribution in [0.4, 0.5) is 0 Å². The Hall–Kier alpha value is -1.91. The molecule has 4 heteroatoms. The summed E-state index contributed by atoms with van der Waals surface area (Å²) in [5, 5.41) is 15.4. The molecule has 2 N–H and O–H groups in total. The lowest BCUT2D eigenvalue weighted by Crippen LogP contribution is -2.43. The van der Waals surface area contributed by atoms with Crippen LogP contribution in [-0.4, -0.2) is 29.8 Å². The Kier molecular flexibility index (Phi) is 5.17. The number of hydrogen-bond acceptors (Lipinski definition) is 4. The van der Waals surface area contributed by atoms with Gasteiger partial charge >= 0.3 is 0 Å². The maximum absolute atomic E-state index is 11.0. The molecule has 0 saturated carbocycles. The molecule has 128 valence electrons. The average Bonchev–Trinajstić information content (AvgIpc) is 2.62. The Balaban J connectivity index is 1.86. The van der Waals surface area contributed by atoms with Gasteiger partial charge in [-0.25, -0.2) is 0 Å². The first kappa shape index (κ1) is 16.9. The molecule has 2 aromatic rings. The number of piperidine rings is 1. The number of methoxy groups -OCH3 is 1. The fourth-order valence-corrected chi connectivity index (χ4v) is 3.59. The number of hydrogen-bond donors (Lipinski definition) is 2. The zero-order valence-electron chi connectivity index (χ0n) is 14.5. The molecule has 1 aliphatic heterocycles. The highest BCUT2D eigenvalue weighted by atomic mass is 16.5. The molecule has 1 aromatic carbocycles. The molecular weight excluding hydrogens is 300 g/mol. The van der Waals surface area contributed by atoms with Crippen molar-refractivity contribution < 1.29 is 9.84 Å². The van der Waals surface area contributed by atoms with Crippen LogP contribution in [0, 0.1) is 5.92 Å². The van der Waals surface area contributed by atoms with E-state index in [-0.39, 0.29) is 6.04 Å². The molecule has 1 saturated heterocycles. The second-order valence-electron chi connectivity index (χ2n) is 6.59. The van der Waals surface area contributed by atoms with Gasteiger partial charge < -0.3 is 15.2 Å². The fourth-order valence-electron chi connectivity index (χ4n) is 3.59. The summed E-state index contributed by atoms with van der Waals surface area (Å²) in [4.78, 5) is 4.39. The predicted molar refractivity (Wildman–Crippen MR) is 97.2 cm³/mol. The molecule has 24 heavy (non-hydrogen) atoms. The minimum atomic E-state index is -0.595. The number of rotatable bonds is 5. The first-order chi connectivity index (χ1) is 11.6. The molecule has 3 rings (SSSR count). The van der Waals surface area contributed by atoms with Gasteiger partial charge in [0.2, 0.25) is 0 Å². The van der Waals surface area contributed by atoms with Gasteiger partial charge in [0, 0.05) is 24.2 Å². The normalized spacial score (nSPS) is 22.5. The molecule has 0 radical (unpaired) electrons. The molecule has 3 unspecified atom stereocenters. The fraction of sp³-hybridized carbons (Fsp3) is 0.450. The van der Waals surface area contributed by atoms with E-state index in [1.807, 2.05) is 24.3 Å². The molecule has 0 spiro atoms. The second kappa shape index (κ2) is 7.32. The molecule has 0 amide bonds. The van der Waals surface area contributed by atoms with Crippen LogP contribution in [0.5, 0.6) is 5.75 Å². The third-order valence-corrected chi connectivity index (χ3v) is 5.01. The topological polar surface area (TPSA) is 54.4 Å². The van der Waals surface area contributed by atoms with Crippen molar-refractivity contribution in [3.63, 3.8) is 0 Å². The molecule has 0 bridgehead atoms. The van der Waals surface area contributed by atoms with Crippen molar-refractivity contribution in [1.82, 2.24) is 10.3 Å². The van der Waals surface area contributed by atoms with Crippen LogP contribution in [0.1, 0.15) is 37.9 Å². The first-order valence-corrected chi connectivity index (χ1v) is 8.65. The van der Waals surface area contributed by atoms with Crippen molar-refractivity contribution in [2.75, 3.05) is 13.7 Å². The van der Waals surface area contributed by atoms with Crippen molar-refractivity contribution in [1.29, 1.82) is 0 Å². The van der Waals surface area contributed by atoms with E-state index in [4.69, 9.17) is 4.74 Å². The van der Waals surface area contributed by atoms with Gasteiger partial charge in [0.15, 0.2) is 0 Å². The van der Waals surface area contributed by atoms with Gasteiger partial charge in [-0.05, 0) is 48.6 Å². The average molecular weight is 326 g/mol. The lowest BCUT2D eigenvalue weighted by Gasteiger charge is -2.35. The predicted octanol–water partition coefficient (Wildman–Crippen LogP) is 3.61. The van der Waals surface area contributed by atoms with Crippen LogP contribution in [-0.2, 0) is 0 Å². The van der Waals surface area contributed by atoms with E-state index in [1.54, 1.807) is 13.3 Å². The van der Waals surface area contributed by atoms with Gasteiger partial charge in [0.1, 0.15) is 5.75 Å². The molecule has 1 aliphatic rings. The molecule has 4 nitrogen and oxygen atoms in total. The minimum absolute atomic E-state index is 0.0117. The summed E-state index contributed by atoms with van der Waals surface area (Å²) in [5.41, 5.74) is 3.00. The summed E-state index contributed by atoms with van der Waals surface area (Å²) < 4.78 is 5.32. The summed E-state index contributed by atoms with van der Waals surface area (Å²) in [5.74, 6) is 1.29. The molecule has 0 aliphatic carbocycles. The summed E-state index contributed by atoms with van der Waals surface area (Å²) in [6.07, 6.45) is 4.28. The van der Waals surface area contributed by atoms with Crippen molar-refractivity contribution in [3.05, 3.63) is 48.2 Å². The van der Waals surface area contributed by atoms with Crippen LogP contribution in [0.2, 0.25) is 0 Å². The number of aliphatic hydroxyl groups excluding tert-OH is 1. The molecule has 1 fully saturated rings. The Labute approximate surface area is 143 Å². The number of benzene rings is 1. The van der Waals surface area contributed by atoms with Crippen molar-refractivity contribution in [2.24, 2.45) is 5.92 Å². The van der Waals surface area contributed by atoms with E-state index < -0.39 is 6.10 Å². The number of nitrogens with zero attached hydrogens (tertiary/aromatic N) is 1. The lowest BCUT2D eigenvalue weighted by molar-refractivity contribution is 0.117. The van der Waals surface area contributed by atoms with Gasteiger partial charge in [-0.2, -0.15) is 0 Å². The summed E-state index contributed by atoms with van der Waals surface area (Å²) in [6, 6.07) is 7.64. The van der Waals surface area contributed by atoms with Gasteiger partial charge in [0.25, 0.3) is 0 Å². The Morgan fingerprint density at radius 3 is 2.96 bits per heavy atom. The highest BCUT2D eigenvalue weighted by molar-refractivity contribution is 5.83. The first-order valence-electron chi connectivity index (χ1n) is 8.65. The Morgan fingerprint density at radius 1 is 1.42 bits per heavy atom. The van der Waals surface area contributed by atoms with Crippen LogP contribution in [0.15, 0.2) is 42.6 Å². The highest BCUT2D eigenvalue weighted by Crippen LogP contribution is 2.33. The molecule has 3 atom stereocenters. The highest BCUT2D eigenvalue weighted by Gasteiger charge is 2.29.